The number of rotatable bonds is 2. The summed E-state index contributed by atoms with van der Waals surface area (Å²) in [5.41, 5.74) is -0.00919. The van der Waals surface area contributed by atoms with Gasteiger partial charge in [-0.3, -0.25) is 9.59 Å². The van der Waals surface area contributed by atoms with E-state index in [9.17, 15) is 14.4 Å². The number of methoxy groups -OCH3 is 1. The third-order valence-corrected chi connectivity index (χ3v) is 8.22. The number of hydrogen-bond acceptors (Lipinski definition) is 6. The molecular weight excluding hydrogens is 360 g/mol. The highest BCUT2D eigenvalue weighted by atomic mass is 16.8. The maximum atomic E-state index is 13.4. The van der Waals surface area contributed by atoms with Gasteiger partial charge in [-0.25, -0.2) is 4.79 Å². The standard InChI is InChI=1S/C22H30O6/c1-12(2)22-10-7-13-16(17(22)27-19(25)28-22)14(23)11-15-20(13,3)8-6-9-21(15,4)18(24)26-5/h12,15,17H,6-11H2,1-5H3/t15-,17+,20-,21-,22+/m1/s1. The van der Waals surface area contributed by atoms with Crippen molar-refractivity contribution < 1.29 is 28.6 Å². The first kappa shape index (κ1) is 19.5. The van der Waals surface area contributed by atoms with E-state index in [-0.39, 0.29) is 35.4 Å². The molecule has 6 nitrogen and oxygen atoms in total. The lowest BCUT2D eigenvalue weighted by molar-refractivity contribution is -0.164. The van der Waals surface area contributed by atoms with E-state index in [0.29, 0.717) is 18.4 Å². The van der Waals surface area contributed by atoms with Crippen LogP contribution in [0.25, 0.3) is 0 Å². The van der Waals surface area contributed by atoms with Crippen LogP contribution in [0.4, 0.5) is 4.79 Å². The van der Waals surface area contributed by atoms with E-state index in [1.807, 2.05) is 20.8 Å². The van der Waals surface area contributed by atoms with E-state index in [4.69, 9.17) is 14.2 Å². The van der Waals surface area contributed by atoms with Gasteiger partial charge in [-0.05, 0) is 49.9 Å². The summed E-state index contributed by atoms with van der Waals surface area (Å²) in [5.74, 6) is -0.300. The number of Topliss-reactive ketones (excluding diaryl/α,β-unsaturated/α-hetero) is 1. The van der Waals surface area contributed by atoms with Crippen molar-refractivity contribution in [1.82, 2.24) is 0 Å². The van der Waals surface area contributed by atoms with Gasteiger partial charge >= 0.3 is 12.1 Å². The number of ether oxygens (including phenoxy) is 3. The van der Waals surface area contributed by atoms with Crippen LogP contribution in [0.3, 0.4) is 0 Å². The number of carbonyl (C=O) groups excluding carboxylic acids is 3. The van der Waals surface area contributed by atoms with Gasteiger partial charge in [0.05, 0.1) is 12.5 Å². The minimum atomic E-state index is -0.769. The molecule has 0 aromatic carbocycles. The molecule has 0 unspecified atom stereocenters. The zero-order valence-electron chi connectivity index (χ0n) is 17.4. The average molecular weight is 390 g/mol. The molecule has 0 aromatic heterocycles. The average Bonchev–Trinajstić information content (AvgIpc) is 3.00. The van der Waals surface area contributed by atoms with E-state index < -0.39 is 23.3 Å². The first-order chi connectivity index (χ1) is 13.1. The van der Waals surface area contributed by atoms with Gasteiger partial charge < -0.3 is 14.2 Å². The summed E-state index contributed by atoms with van der Waals surface area (Å²) in [4.78, 5) is 38.1. The number of carbonyl (C=O) groups is 3. The van der Waals surface area contributed by atoms with E-state index in [1.54, 1.807) is 0 Å². The van der Waals surface area contributed by atoms with Gasteiger partial charge in [0.15, 0.2) is 17.5 Å². The zero-order chi connectivity index (χ0) is 20.5. The van der Waals surface area contributed by atoms with Gasteiger partial charge in [0.2, 0.25) is 0 Å². The van der Waals surface area contributed by atoms with Crippen LogP contribution in [0, 0.1) is 22.7 Å². The summed E-state index contributed by atoms with van der Waals surface area (Å²) < 4.78 is 16.4. The summed E-state index contributed by atoms with van der Waals surface area (Å²) in [6.45, 7) is 8.14. The van der Waals surface area contributed by atoms with Crippen molar-refractivity contribution in [1.29, 1.82) is 0 Å². The number of hydrogen-bond donors (Lipinski definition) is 0. The van der Waals surface area contributed by atoms with Crippen LogP contribution in [0.2, 0.25) is 0 Å². The Morgan fingerprint density at radius 1 is 1.18 bits per heavy atom. The molecule has 0 aromatic rings. The largest absolute Gasteiger partial charge is 0.509 e. The van der Waals surface area contributed by atoms with Crippen molar-refractivity contribution in [3.63, 3.8) is 0 Å². The normalized spacial score (nSPS) is 42.4. The van der Waals surface area contributed by atoms with Crippen molar-refractivity contribution >= 4 is 17.9 Å². The second kappa shape index (κ2) is 6.07. The molecule has 1 saturated carbocycles. The predicted molar refractivity (Wildman–Crippen MR) is 100 cm³/mol. The van der Waals surface area contributed by atoms with Crippen molar-refractivity contribution in [3.8, 4) is 0 Å². The Kier molecular flexibility index (Phi) is 4.22. The number of esters is 1. The van der Waals surface area contributed by atoms with Crippen LogP contribution < -0.4 is 0 Å². The molecule has 1 aliphatic heterocycles. The Labute approximate surface area is 166 Å². The molecule has 1 heterocycles. The number of allylic oxidation sites excluding steroid dienone is 1. The molecule has 0 spiro atoms. The van der Waals surface area contributed by atoms with E-state index >= 15 is 0 Å². The van der Waals surface area contributed by atoms with Crippen LogP contribution >= 0.6 is 0 Å². The van der Waals surface area contributed by atoms with Crippen molar-refractivity contribution in [2.75, 3.05) is 7.11 Å². The number of ketones is 1. The lowest BCUT2D eigenvalue weighted by Crippen LogP contribution is -2.57. The van der Waals surface area contributed by atoms with Gasteiger partial charge in [0.25, 0.3) is 0 Å². The quantitative estimate of drug-likeness (QED) is 0.664. The fourth-order valence-corrected chi connectivity index (χ4v) is 6.60. The monoisotopic (exact) mass is 390 g/mol. The van der Waals surface area contributed by atoms with E-state index in [2.05, 4.69) is 6.92 Å². The Morgan fingerprint density at radius 2 is 1.89 bits per heavy atom. The molecule has 154 valence electrons. The molecular formula is C22H30O6. The summed E-state index contributed by atoms with van der Waals surface area (Å²) in [7, 11) is 1.42. The fourth-order valence-electron chi connectivity index (χ4n) is 6.60. The SMILES string of the molecule is COC(=O)[C@]1(C)CCC[C@]2(C)C3=C(C(=O)C[C@@H]12)[C@@H]1OC(=O)O[C@]1(C(C)C)CC3. The molecule has 5 atom stereocenters. The van der Waals surface area contributed by atoms with Crippen molar-refractivity contribution in [3.05, 3.63) is 11.1 Å². The predicted octanol–water partition coefficient (Wildman–Crippen LogP) is 3.97. The molecule has 3 aliphatic carbocycles. The third kappa shape index (κ3) is 2.29. The summed E-state index contributed by atoms with van der Waals surface area (Å²) in [6.07, 6.45) is 2.85. The molecule has 0 radical (unpaired) electrons. The highest BCUT2D eigenvalue weighted by molar-refractivity contribution is 6.00. The maximum Gasteiger partial charge on any atom is 0.509 e. The third-order valence-electron chi connectivity index (χ3n) is 8.22. The number of fused-ring (bicyclic) bond motifs is 4. The minimum Gasteiger partial charge on any atom is -0.469 e. The van der Waals surface area contributed by atoms with Crippen molar-refractivity contribution in [2.45, 2.75) is 77.9 Å². The van der Waals surface area contributed by atoms with Crippen LogP contribution in [0.15, 0.2) is 11.1 Å². The highest BCUT2D eigenvalue weighted by Gasteiger charge is 2.65. The summed E-state index contributed by atoms with van der Waals surface area (Å²) in [5, 5.41) is 0. The molecule has 6 heteroatoms. The smallest absolute Gasteiger partial charge is 0.469 e. The second-order valence-corrected chi connectivity index (χ2v) is 9.71. The van der Waals surface area contributed by atoms with Gasteiger partial charge in [-0.2, -0.15) is 0 Å². The zero-order valence-corrected chi connectivity index (χ0v) is 17.4. The Bertz CT molecular complexity index is 782. The van der Waals surface area contributed by atoms with Crippen LogP contribution in [0.5, 0.6) is 0 Å². The second-order valence-electron chi connectivity index (χ2n) is 9.71. The highest BCUT2D eigenvalue weighted by Crippen LogP contribution is 2.63. The van der Waals surface area contributed by atoms with Gasteiger partial charge in [0, 0.05) is 12.0 Å². The molecule has 0 N–H and O–H groups in total. The van der Waals surface area contributed by atoms with E-state index in [1.165, 1.54) is 7.11 Å². The summed E-state index contributed by atoms with van der Waals surface area (Å²) >= 11 is 0. The Balaban J connectivity index is 1.84. The molecule has 2 fully saturated rings. The van der Waals surface area contributed by atoms with Crippen LogP contribution in [-0.2, 0) is 23.8 Å². The lowest BCUT2D eigenvalue weighted by atomic mass is 9.47. The van der Waals surface area contributed by atoms with E-state index in [0.717, 1.165) is 24.8 Å². The molecule has 0 amide bonds. The van der Waals surface area contributed by atoms with Crippen LogP contribution in [-0.4, -0.2) is 36.7 Å². The first-order valence-electron chi connectivity index (χ1n) is 10.3. The van der Waals surface area contributed by atoms with Crippen LogP contribution in [0.1, 0.15) is 66.2 Å². The lowest BCUT2D eigenvalue weighted by Gasteiger charge is -2.56. The molecule has 28 heavy (non-hydrogen) atoms. The van der Waals surface area contributed by atoms with Gasteiger partial charge in [-0.1, -0.05) is 32.8 Å². The molecule has 1 saturated heterocycles. The van der Waals surface area contributed by atoms with Gasteiger partial charge in [-0.15, -0.1) is 0 Å². The first-order valence-corrected chi connectivity index (χ1v) is 10.3. The fraction of sp³-hybridized carbons (Fsp3) is 0.773. The molecule has 4 rings (SSSR count). The molecule has 0 bridgehead atoms. The minimum absolute atomic E-state index is 0.0115. The summed E-state index contributed by atoms with van der Waals surface area (Å²) in [6, 6.07) is 0. The molecule has 4 aliphatic rings. The topological polar surface area (TPSA) is 78.9 Å². The Hall–Kier alpha value is -1.85. The Morgan fingerprint density at radius 3 is 2.54 bits per heavy atom. The van der Waals surface area contributed by atoms with Gasteiger partial charge in [0.1, 0.15) is 0 Å². The maximum absolute atomic E-state index is 13.4. The van der Waals surface area contributed by atoms with Crippen molar-refractivity contribution in [2.24, 2.45) is 22.7 Å².